The van der Waals surface area contributed by atoms with Gasteiger partial charge in [-0.3, -0.25) is 9.89 Å². The van der Waals surface area contributed by atoms with Gasteiger partial charge in [-0.2, -0.15) is 5.10 Å². The first-order valence-corrected chi connectivity index (χ1v) is 6.90. The molecule has 2 atom stereocenters. The number of ether oxygens (including phenoxy) is 2. The van der Waals surface area contributed by atoms with Crippen molar-refractivity contribution < 1.29 is 18.7 Å². The van der Waals surface area contributed by atoms with Crippen LogP contribution in [0, 0.1) is 5.82 Å². The highest BCUT2D eigenvalue weighted by molar-refractivity contribution is 6.00. The van der Waals surface area contributed by atoms with Gasteiger partial charge >= 0.3 is 0 Å². The fourth-order valence-electron chi connectivity index (χ4n) is 2.48. The molecular weight excluding hydrogens is 289 g/mol. The first kappa shape index (κ1) is 14.7. The maximum atomic E-state index is 13.9. The number of nitrogens with one attached hydrogen (secondary N) is 2. The number of methoxy groups -OCH3 is 1. The van der Waals surface area contributed by atoms with E-state index in [2.05, 4.69) is 15.5 Å². The summed E-state index contributed by atoms with van der Waals surface area (Å²) < 4.78 is 24.4. The fraction of sp³-hybridized carbons (Fsp3) is 0.333. The van der Waals surface area contributed by atoms with E-state index in [4.69, 9.17) is 9.47 Å². The van der Waals surface area contributed by atoms with Crippen molar-refractivity contribution in [2.45, 2.75) is 12.1 Å². The van der Waals surface area contributed by atoms with Gasteiger partial charge in [0.1, 0.15) is 11.9 Å². The zero-order chi connectivity index (χ0) is 15.5. The first-order valence-electron chi connectivity index (χ1n) is 6.90. The number of halogens is 1. The van der Waals surface area contributed by atoms with Crippen LogP contribution >= 0.6 is 0 Å². The average Bonchev–Trinajstić information content (AvgIpc) is 3.16. The summed E-state index contributed by atoms with van der Waals surface area (Å²) in [5.74, 6) is -0.760. The first-order chi connectivity index (χ1) is 10.7. The van der Waals surface area contributed by atoms with E-state index in [9.17, 15) is 9.18 Å². The second kappa shape index (κ2) is 6.25. The third-order valence-corrected chi connectivity index (χ3v) is 3.67. The van der Waals surface area contributed by atoms with E-state index in [1.165, 1.54) is 12.3 Å². The molecule has 1 aliphatic rings. The van der Waals surface area contributed by atoms with Crippen LogP contribution in [0.5, 0.6) is 0 Å². The zero-order valence-electron chi connectivity index (χ0n) is 12.0. The van der Waals surface area contributed by atoms with Gasteiger partial charge in [0, 0.05) is 12.7 Å². The van der Waals surface area contributed by atoms with Gasteiger partial charge in [-0.05, 0) is 12.1 Å². The Morgan fingerprint density at radius 1 is 1.45 bits per heavy atom. The Hall–Kier alpha value is -2.25. The Balaban J connectivity index is 1.83. The van der Waals surface area contributed by atoms with Crippen LogP contribution in [-0.2, 0) is 9.47 Å². The minimum absolute atomic E-state index is 0.187. The molecule has 7 heteroatoms. The number of hydrogen-bond donors (Lipinski definition) is 2. The second-order valence-corrected chi connectivity index (χ2v) is 5.03. The Bertz CT molecular complexity index is 674. The van der Waals surface area contributed by atoms with Crippen LogP contribution in [-0.4, -0.2) is 48.6 Å². The summed E-state index contributed by atoms with van der Waals surface area (Å²) in [5.41, 5.74) is 0.937. The molecule has 0 radical (unpaired) electrons. The lowest BCUT2D eigenvalue weighted by Crippen LogP contribution is -2.43. The lowest BCUT2D eigenvalue weighted by Gasteiger charge is -2.17. The Morgan fingerprint density at radius 3 is 3.05 bits per heavy atom. The van der Waals surface area contributed by atoms with E-state index < -0.39 is 5.82 Å². The summed E-state index contributed by atoms with van der Waals surface area (Å²) in [5, 5.41) is 9.38. The smallest absolute Gasteiger partial charge is 0.255 e. The van der Waals surface area contributed by atoms with E-state index in [0.717, 1.165) is 0 Å². The highest BCUT2D eigenvalue weighted by Gasteiger charge is 2.30. The Labute approximate surface area is 126 Å². The van der Waals surface area contributed by atoms with Gasteiger partial charge < -0.3 is 14.8 Å². The van der Waals surface area contributed by atoms with Gasteiger partial charge in [0.05, 0.1) is 36.7 Å². The van der Waals surface area contributed by atoms with E-state index in [1.54, 1.807) is 25.3 Å². The van der Waals surface area contributed by atoms with Crippen LogP contribution in [0.4, 0.5) is 4.39 Å². The number of benzene rings is 1. The molecule has 0 spiro atoms. The number of hydrogen-bond acceptors (Lipinski definition) is 4. The number of nitrogens with zero attached hydrogens (tertiary/aromatic N) is 1. The van der Waals surface area contributed by atoms with Crippen LogP contribution in [0.25, 0.3) is 11.3 Å². The summed E-state index contributed by atoms with van der Waals surface area (Å²) >= 11 is 0. The molecule has 2 aromatic rings. The van der Waals surface area contributed by atoms with Gasteiger partial charge in [0.25, 0.3) is 5.91 Å². The van der Waals surface area contributed by atoms with Crippen LogP contribution in [0.1, 0.15) is 10.4 Å². The van der Waals surface area contributed by atoms with E-state index >= 15 is 0 Å². The molecule has 0 bridgehead atoms. The molecule has 116 valence electrons. The molecule has 22 heavy (non-hydrogen) atoms. The Kier molecular flexibility index (Phi) is 4.17. The monoisotopic (exact) mass is 305 g/mol. The van der Waals surface area contributed by atoms with Gasteiger partial charge in [-0.25, -0.2) is 4.39 Å². The molecule has 0 aliphatic carbocycles. The van der Waals surface area contributed by atoms with Crippen LogP contribution in [0.2, 0.25) is 0 Å². The molecule has 1 aromatic heterocycles. The zero-order valence-corrected chi connectivity index (χ0v) is 12.0. The molecule has 1 saturated heterocycles. The molecule has 3 rings (SSSR count). The fourth-order valence-corrected chi connectivity index (χ4v) is 2.48. The van der Waals surface area contributed by atoms with E-state index in [0.29, 0.717) is 24.5 Å². The molecule has 6 nitrogen and oxygen atoms in total. The van der Waals surface area contributed by atoms with Crippen LogP contribution in [0.3, 0.4) is 0 Å². The van der Waals surface area contributed by atoms with E-state index in [1.807, 2.05) is 0 Å². The molecule has 0 unspecified atom stereocenters. The summed E-state index contributed by atoms with van der Waals surface area (Å²) in [6.45, 7) is 0.824. The number of amides is 1. The molecule has 1 aliphatic heterocycles. The predicted molar refractivity (Wildman–Crippen MR) is 76.9 cm³/mol. The number of aromatic amines is 1. The highest BCUT2D eigenvalue weighted by Crippen LogP contribution is 2.24. The van der Waals surface area contributed by atoms with Crippen molar-refractivity contribution in [2.75, 3.05) is 20.3 Å². The van der Waals surface area contributed by atoms with Gasteiger partial charge in [0.2, 0.25) is 0 Å². The second-order valence-electron chi connectivity index (χ2n) is 5.03. The summed E-state index contributed by atoms with van der Waals surface area (Å²) in [6, 6.07) is 5.99. The molecule has 1 aromatic carbocycles. The number of carbonyl (C=O) groups is 1. The average molecular weight is 305 g/mol. The third kappa shape index (κ3) is 2.72. The molecule has 2 heterocycles. The normalized spacial score (nSPS) is 21.0. The molecule has 1 fully saturated rings. The van der Waals surface area contributed by atoms with Gasteiger partial charge in [-0.15, -0.1) is 0 Å². The summed E-state index contributed by atoms with van der Waals surface area (Å²) in [7, 11) is 1.57. The highest BCUT2D eigenvalue weighted by atomic mass is 19.1. The SMILES string of the molecule is CO[C@H]1COC[C@@H]1NC(=O)c1cn[nH]c1-c1ccccc1F. The van der Waals surface area contributed by atoms with Crippen molar-refractivity contribution in [3.05, 3.63) is 41.8 Å². The van der Waals surface area contributed by atoms with Crippen molar-refractivity contribution in [2.24, 2.45) is 0 Å². The number of H-pyrrole nitrogens is 1. The number of aromatic nitrogens is 2. The standard InChI is InChI=1S/C15H16FN3O3/c1-21-13-8-22-7-12(13)18-15(20)10-6-17-19-14(10)9-4-2-3-5-11(9)16/h2-6,12-13H,7-8H2,1H3,(H,17,19)(H,18,20)/t12-,13-/m0/s1. The number of rotatable bonds is 4. The van der Waals surface area contributed by atoms with Crippen LogP contribution in [0.15, 0.2) is 30.5 Å². The van der Waals surface area contributed by atoms with Crippen molar-refractivity contribution in [3.63, 3.8) is 0 Å². The lowest BCUT2D eigenvalue weighted by atomic mass is 10.1. The number of carbonyl (C=O) groups excluding carboxylic acids is 1. The van der Waals surface area contributed by atoms with Gasteiger partial charge in [0.15, 0.2) is 0 Å². The minimum atomic E-state index is -0.417. The molecule has 2 N–H and O–H groups in total. The summed E-state index contributed by atoms with van der Waals surface area (Å²) in [4.78, 5) is 12.4. The quantitative estimate of drug-likeness (QED) is 0.894. The topological polar surface area (TPSA) is 76.2 Å². The predicted octanol–water partition coefficient (Wildman–Crippen LogP) is 1.36. The molecule has 1 amide bonds. The third-order valence-electron chi connectivity index (χ3n) is 3.67. The van der Waals surface area contributed by atoms with E-state index in [-0.39, 0.29) is 23.6 Å². The summed E-state index contributed by atoms with van der Waals surface area (Å²) in [6.07, 6.45) is 1.20. The Morgan fingerprint density at radius 2 is 2.27 bits per heavy atom. The van der Waals surface area contributed by atoms with Crippen molar-refractivity contribution in [1.82, 2.24) is 15.5 Å². The van der Waals surface area contributed by atoms with Crippen LogP contribution < -0.4 is 5.32 Å². The lowest BCUT2D eigenvalue weighted by molar-refractivity contribution is 0.0685. The minimum Gasteiger partial charge on any atom is -0.377 e. The maximum absolute atomic E-state index is 13.9. The van der Waals surface area contributed by atoms with Crippen molar-refractivity contribution >= 4 is 5.91 Å². The van der Waals surface area contributed by atoms with Gasteiger partial charge in [-0.1, -0.05) is 12.1 Å². The largest absolute Gasteiger partial charge is 0.377 e. The van der Waals surface area contributed by atoms with Crippen molar-refractivity contribution in [3.8, 4) is 11.3 Å². The molecular formula is C15H16FN3O3. The maximum Gasteiger partial charge on any atom is 0.255 e. The molecule has 0 saturated carbocycles. The van der Waals surface area contributed by atoms with Crippen molar-refractivity contribution in [1.29, 1.82) is 0 Å².